The van der Waals surface area contributed by atoms with Crippen molar-refractivity contribution in [2.45, 2.75) is 37.7 Å². The van der Waals surface area contributed by atoms with Crippen LogP contribution in [0.1, 0.15) is 46.9 Å². The quantitative estimate of drug-likeness (QED) is 0.845. The highest BCUT2D eigenvalue weighted by Crippen LogP contribution is 2.42. The molecule has 0 radical (unpaired) electrons. The molecule has 130 valence electrons. The van der Waals surface area contributed by atoms with Gasteiger partial charge < -0.3 is 9.64 Å². The largest absolute Gasteiger partial charge is 0.374 e. The fraction of sp³-hybridized carbons (Fsp3) is 0.450. The van der Waals surface area contributed by atoms with E-state index in [-0.39, 0.29) is 11.5 Å². The second-order valence-electron chi connectivity index (χ2n) is 7.14. The molecule has 1 unspecified atom stereocenters. The fourth-order valence-corrected chi connectivity index (χ4v) is 3.91. The number of nitrogens with zero attached hydrogens (tertiary/aromatic N) is 3. The summed E-state index contributed by atoms with van der Waals surface area (Å²) in [6.45, 7) is 4.08. The summed E-state index contributed by atoms with van der Waals surface area (Å²) in [7, 11) is 0. The minimum Gasteiger partial charge on any atom is -0.374 e. The van der Waals surface area contributed by atoms with Crippen LogP contribution in [0.5, 0.6) is 0 Å². The summed E-state index contributed by atoms with van der Waals surface area (Å²) in [6.07, 6.45) is 6.04. The zero-order chi connectivity index (χ0) is 17.3. The van der Waals surface area contributed by atoms with Crippen LogP contribution in [0.15, 0.2) is 42.7 Å². The summed E-state index contributed by atoms with van der Waals surface area (Å²) < 4.78 is 6.23. The number of rotatable bonds is 2. The van der Waals surface area contributed by atoms with Gasteiger partial charge in [0, 0.05) is 25.2 Å². The van der Waals surface area contributed by atoms with E-state index in [1.807, 2.05) is 17.9 Å². The van der Waals surface area contributed by atoms with E-state index < -0.39 is 0 Å². The number of hydrogen-bond acceptors (Lipinski definition) is 4. The molecule has 4 rings (SSSR count). The topological polar surface area (TPSA) is 55.3 Å². The molecule has 2 saturated heterocycles. The van der Waals surface area contributed by atoms with Gasteiger partial charge >= 0.3 is 0 Å². The Balaban J connectivity index is 1.38. The van der Waals surface area contributed by atoms with Crippen molar-refractivity contribution >= 4 is 5.91 Å². The summed E-state index contributed by atoms with van der Waals surface area (Å²) in [6, 6.07) is 10.6. The molecule has 2 aliphatic heterocycles. The summed E-state index contributed by atoms with van der Waals surface area (Å²) >= 11 is 0. The summed E-state index contributed by atoms with van der Waals surface area (Å²) in [5, 5.41) is 0. The van der Waals surface area contributed by atoms with E-state index in [1.165, 1.54) is 5.56 Å². The number of likely N-dealkylation sites (tertiary alicyclic amines) is 1. The Morgan fingerprint density at radius 3 is 2.60 bits per heavy atom. The lowest BCUT2D eigenvalue weighted by Crippen LogP contribution is -2.46. The number of aromatic nitrogens is 2. The molecule has 2 aliphatic rings. The predicted molar refractivity (Wildman–Crippen MR) is 94.4 cm³/mol. The van der Waals surface area contributed by atoms with Crippen molar-refractivity contribution in [1.82, 2.24) is 14.9 Å². The lowest BCUT2D eigenvalue weighted by atomic mass is 9.83. The third-order valence-corrected chi connectivity index (χ3v) is 5.44. The third kappa shape index (κ3) is 3.29. The number of carbonyl (C=O) groups is 1. The molecular formula is C20H23N3O2. The molecule has 1 atom stereocenters. The highest BCUT2D eigenvalue weighted by atomic mass is 16.5. The van der Waals surface area contributed by atoms with Crippen molar-refractivity contribution in [2.75, 3.05) is 19.7 Å². The molecule has 0 bridgehead atoms. The van der Waals surface area contributed by atoms with Gasteiger partial charge in [0.25, 0.3) is 5.91 Å². The van der Waals surface area contributed by atoms with Crippen LogP contribution >= 0.6 is 0 Å². The molecule has 1 amide bonds. The monoisotopic (exact) mass is 337 g/mol. The highest BCUT2D eigenvalue weighted by molar-refractivity contribution is 5.92. The van der Waals surface area contributed by atoms with Crippen molar-refractivity contribution in [3.05, 3.63) is 59.7 Å². The Morgan fingerprint density at radius 2 is 1.92 bits per heavy atom. The van der Waals surface area contributed by atoms with Gasteiger partial charge in [-0.25, -0.2) is 4.98 Å². The zero-order valence-corrected chi connectivity index (χ0v) is 14.5. The number of benzene rings is 1. The van der Waals surface area contributed by atoms with Crippen molar-refractivity contribution in [3.63, 3.8) is 0 Å². The Labute approximate surface area is 148 Å². The molecule has 5 heteroatoms. The molecular weight excluding hydrogens is 314 g/mol. The van der Waals surface area contributed by atoms with Crippen LogP contribution in [0.2, 0.25) is 0 Å². The summed E-state index contributed by atoms with van der Waals surface area (Å²) in [5.41, 5.74) is 2.53. The Morgan fingerprint density at radius 1 is 1.16 bits per heavy atom. The average molecular weight is 337 g/mol. The van der Waals surface area contributed by atoms with Gasteiger partial charge in [0.1, 0.15) is 5.69 Å². The van der Waals surface area contributed by atoms with E-state index in [0.717, 1.165) is 44.7 Å². The first-order chi connectivity index (χ1) is 12.2. The molecule has 3 heterocycles. The number of amides is 1. The second-order valence-corrected chi connectivity index (χ2v) is 7.14. The van der Waals surface area contributed by atoms with Crippen molar-refractivity contribution in [3.8, 4) is 0 Å². The normalized spacial score (nSPS) is 22.3. The fourth-order valence-electron chi connectivity index (χ4n) is 3.91. The van der Waals surface area contributed by atoms with E-state index in [4.69, 9.17) is 4.74 Å². The minimum absolute atomic E-state index is 0.0278. The Bertz CT molecular complexity index is 737. The maximum Gasteiger partial charge on any atom is 0.274 e. The average Bonchev–Trinajstić information content (AvgIpc) is 3.07. The molecule has 2 fully saturated rings. The number of aryl methyl sites for hydroxylation is 1. The van der Waals surface area contributed by atoms with Gasteiger partial charge in [0.2, 0.25) is 0 Å². The Kier molecular flexibility index (Phi) is 4.25. The van der Waals surface area contributed by atoms with Gasteiger partial charge in [-0.1, -0.05) is 30.3 Å². The predicted octanol–water partition coefficient (Wildman–Crippen LogP) is 2.96. The van der Waals surface area contributed by atoms with Crippen LogP contribution in [0, 0.1) is 6.92 Å². The number of piperidine rings is 1. The van der Waals surface area contributed by atoms with Gasteiger partial charge in [0.15, 0.2) is 0 Å². The van der Waals surface area contributed by atoms with Gasteiger partial charge in [-0.15, -0.1) is 0 Å². The first kappa shape index (κ1) is 16.2. The molecule has 2 aromatic rings. The lowest BCUT2D eigenvalue weighted by molar-refractivity contribution is -0.0389. The smallest absolute Gasteiger partial charge is 0.274 e. The maximum absolute atomic E-state index is 12.6. The molecule has 25 heavy (non-hydrogen) atoms. The summed E-state index contributed by atoms with van der Waals surface area (Å²) in [5.74, 6) is 0.436. The second kappa shape index (κ2) is 6.56. The van der Waals surface area contributed by atoms with E-state index in [2.05, 4.69) is 34.2 Å². The van der Waals surface area contributed by atoms with Crippen LogP contribution in [-0.2, 0) is 4.74 Å². The van der Waals surface area contributed by atoms with Crippen LogP contribution in [0.3, 0.4) is 0 Å². The molecule has 1 aromatic carbocycles. The summed E-state index contributed by atoms with van der Waals surface area (Å²) in [4.78, 5) is 22.8. The Hall–Kier alpha value is -2.27. The lowest BCUT2D eigenvalue weighted by Gasteiger charge is -2.38. The number of hydrogen-bond donors (Lipinski definition) is 0. The number of carbonyl (C=O) groups excluding carboxylic acids is 1. The van der Waals surface area contributed by atoms with Crippen LogP contribution in [0.25, 0.3) is 0 Å². The van der Waals surface area contributed by atoms with Crippen LogP contribution in [-0.4, -0.2) is 46.1 Å². The standard InChI is InChI=1S/C20H23N3O2/c1-15-12-22-18(13-21-15)19(24)23-9-7-20(8-10-23)11-17(14-25-20)16-5-3-2-4-6-16/h2-6,12-13,17H,7-11,14H2,1H3. The van der Waals surface area contributed by atoms with E-state index in [1.54, 1.807) is 12.4 Å². The highest BCUT2D eigenvalue weighted by Gasteiger charge is 2.43. The minimum atomic E-state index is -0.0732. The first-order valence-corrected chi connectivity index (χ1v) is 8.92. The molecule has 0 saturated carbocycles. The van der Waals surface area contributed by atoms with Gasteiger partial charge in [0.05, 0.1) is 24.1 Å². The molecule has 0 aliphatic carbocycles. The van der Waals surface area contributed by atoms with Crippen molar-refractivity contribution in [2.24, 2.45) is 0 Å². The van der Waals surface area contributed by atoms with Crippen LogP contribution < -0.4 is 0 Å². The first-order valence-electron chi connectivity index (χ1n) is 8.92. The SMILES string of the molecule is Cc1cnc(C(=O)N2CCC3(CC2)CC(c2ccccc2)CO3)cn1. The molecule has 5 nitrogen and oxygen atoms in total. The van der Waals surface area contributed by atoms with Crippen LogP contribution in [0.4, 0.5) is 0 Å². The van der Waals surface area contributed by atoms with Gasteiger partial charge in [-0.3, -0.25) is 9.78 Å². The number of ether oxygens (including phenoxy) is 1. The van der Waals surface area contributed by atoms with E-state index >= 15 is 0 Å². The van der Waals surface area contributed by atoms with E-state index in [0.29, 0.717) is 11.6 Å². The maximum atomic E-state index is 12.6. The van der Waals surface area contributed by atoms with Gasteiger partial charge in [-0.05, 0) is 31.7 Å². The van der Waals surface area contributed by atoms with Crippen molar-refractivity contribution < 1.29 is 9.53 Å². The molecule has 1 aromatic heterocycles. The third-order valence-electron chi connectivity index (χ3n) is 5.44. The van der Waals surface area contributed by atoms with Crippen molar-refractivity contribution in [1.29, 1.82) is 0 Å². The van der Waals surface area contributed by atoms with Gasteiger partial charge in [-0.2, -0.15) is 0 Å². The van der Waals surface area contributed by atoms with E-state index in [9.17, 15) is 4.79 Å². The molecule has 0 N–H and O–H groups in total. The molecule has 1 spiro atoms. The zero-order valence-electron chi connectivity index (χ0n) is 14.5.